The first-order chi connectivity index (χ1) is 18.3. The normalized spacial score (nSPS) is 14.4. The monoisotopic (exact) mass is 527 g/mol. The van der Waals surface area contributed by atoms with Gasteiger partial charge in [-0.25, -0.2) is 0 Å². The molecule has 0 bridgehead atoms. The average Bonchev–Trinajstić information content (AvgIpc) is 2.92. The van der Waals surface area contributed by atoms with Gasteiger partial charge in [0.05, 0.1) is 6.61 Å². The second-order valence-corrected chi connectivity index (χ2v) is 9.14. The Morgan fingerprint density at radius 3 is 2.37 bits per heavy atom. The van der Waals surface area contributed by atoms with Crippen LogP contribution in [0.2, 0.25) is 0 Å². The molecule has 1 amide bonds. The number of aryl methyl sites for hydroxylation is 1. The lowest BCUT2D eigenvalue weighted by molar-refractivity contribution is -0.123. The number of carbonyl (C=O) groups excluding carboxylic acids is 1. The SMILES string of the molecule is CCOc1cccc(-c2ccc(CN3CCN(c4ccc(C(=O)NCC(F)(F)F)nn4)CC3)c(CC)c2)c1. The van der Waals surface area contributed by atoms with Crippen LogP contribution in [0.25, 0.3) is 11.1 Å². The number of hydrogen-bond donors (Lipinski definition) is 1. The summed E-state index contributed by atoms with van der Waals surface area (Å²) in [4.78, 5) is 16.3. The lowest BCUT2D eigenvalue weighted by Gasteiger charge is -2.35. The summed E-state index contributed by atoms with van der Waals surface area (Å²) in [5, 5.41) is 9.69. The Kier molecular flexibility index (Phi) is 8.83. The molecular weight excluding hydrogens is 495 g/mol. The van der Waals surface area contributed by atoms with E-state index in [9.17, 15) is 18.0 Å². The number of aromatic nitrogens is 2. The molecule has 0 saturated carbocycles. The summed E-state index contributed by atoms with van der Waals surface area (Å²) >= 11 is 0. The molecule has 4 rings (SSSR count). The van der Waals surface area contributed by atoms with Crippen LogP contribution in [0.3, 0.4) is 0 Å². The minimum atomic E-state index is -4.47. The van der Waals surface area contributed by atoms with Gasteiger partial charge < -0.3 is 15.0 Å². The first kappa shape index (κ1) is 27.4. The van der Waals surface area contributed by atoms with Gasteiger partial charge in [-0.1, -0.05) is 37.3 Å². The predicted molar refractivity (Wildman–Crippen MR) is 140 cm³/mol. The van der Waals surface area contributed by atoms with Crippen LogP contribution in [0, 0.1) is 0 Å². The molecule has 0 aliphatic carbocycles. The molecule has 1 N–H and O–H groups in total. The highest BCUT2D eigenvalue weighted by Gasteiger charge is 2.28. The number of amides is 1. The second kappa shape index (κ2) is 12.3. The van der Waals surface area contributed by atoms with Gasteiger partial charge in [-0.3, -0.25) is 9.69 Å². The Morgan fingerprint density at radius 2 is 1.71 bits per heavy atom. The molecule has 0 unspecified atom stereocenters. The molecule has 1 saturated heterocycles. The van der Waals surface area contributed by atoms with Crippen molar-refractivity contribution in [2.24, 2.45) is 0 Å². The number of anilines is 1. The number of piperazine rings is 1. The second-order valence-electron chi connectivity index (χ2n) is 9.14. The minimum absolute atomic E-state index is 0.142. The van der Waals surface area contributed by atoms with Crippen molar-refractivity contribution in [3.8, 4) is 16.9 Å². The largest absolute Gasteiger partial charge is 0.494 e. The van der Waals surface area contributed by atoms with Gasteiger partial charge >= 0.3 is 6.18 Å². The fraction of sp³-hybridized carbons (Fsp3) is 0.393. The van der Waals surface area contributed by atoms with Crippen molar-refractivity contribution in [2.45, 2.75) is 33.0 Å². The highest BCUT2D eigenvalue weighted by Crippen LogP contribution is 2.27. The van der Waals surface area contributed by atoms with Gasteiger partial charge in [0.25, 0.3) is 5.91 Å². The summed E-state index contributed by atoms with van der Waals surface area (Å²) in [6.07, 6.45) is -3.54. The number of hydrogen-bond acceptors (Lipinski definition) is 6. The van der Waals surface area contributed by atoms with Crippen LogP contribution in [-0.4, -0.2) is 66.5 Å². The van der Waals surface area contributed by atoms with E-state index in [0.717, 1.165) is 50.5 Å². The molecule has 202 valence electrons. The van der Waals surface area contributed by atoms with Gasteiger partial charge in [0.2, 0.25) is 0 Å². The van der Waals surface area contributed by atoms with E-state index in [-0.39, 0.29) is 5.69 Å². The Bertz CT molecular complexity index is 1230. The van der Waals surface area contributed by atoms with E-state index in [1.165, 1.54) is 22.8 Å². The molecule has 10 heteroatoms. The third-order valence-corrected chi connectivity index (χ3v) is 6.49. The minimum Gasteiger partial charge on any atom is -0.494 e. The highest BCUT2D eigenvalue weighted by atomic mass is 19.4. The lowest BCUT2D eigenvalue weighted by Crippen LogP contribution is -2.46. The van der Waals surface area contributed by atoms with E-state index in [1.807, 2.05) is 19.1 Å². The summed E-state index contributed by atoms with van der Waals surface area (Å²) in [5.74, 6) is 0.574. The molecule has 2 aromatic carbocycles. The van der Waals surface area contributed by atoms with Crippen molar-refractivity contribution in [1.82, 2.24) is 20.4 Å². The van der Waals surface area contributed by atoms with E-state index >= 15 is 0 Å². The van der Waals surface area contributed by atoms with Crippen molar-refractivity contribution >= 4 is 11.7 Å². The number of carbonyl (C=O) groups is 1. The maximum atomic E-state index is 12.3. The van der Waals surface area contributed by atoms with Gasteiger partial charge in [0, 0.05) is 32.7 Å². The summed E-state index contributed by atoms with van der Waals surface area (Å²) < 4.78 is 42.6. The third-order valence-electron chi connectivity index (χ3n) is 6.49. The summed E-state index contributed by atoms with van der Waals surface area (Å²) in [7, 11) is 0. The molecule has 0 atom stereocenters. The smallest absolute Gasteiger partial charge is 0.405 e. The van der Waals surface area contributed by atoms with E-state index < -0.39 is 18.6 Å². The molecular formula is C28H32F3N5O2. The fourth-order valence-electron chi connectivity index (χ4n) is 4.48. The fourth-order valence-corrected chi connectivity index (χ4v) is 4.48. The van der Waals surface area contributed by atoms with Crippen molar-refractivity contribution in [3.63, 3.8) is 0 Å². The van der Waals surface area contributed by atoms with Crippen molar-refractivity contribution in [2.75, 3.05) is 44.2 Å². The number of benzene rings is 2. The van der Waals surface area contributed by atoms with E-state index in [1.54, 1.807) is 11.4 Å². The van der Waals surface area contributed by atoms with Gasteiger partial charge in [0.1, 0.15) is 12.3 Å². The zero-order chi connectivity index (χ0) is 27.1. The standard InChI is InChI=1S/C28H32F3N5O2/c1-3-20-16-22(21-6-5-7-24(17-21)38-4-2)8-9-23(20)18-35-12-14-36(15-13-35)26-11-10-25(33-34-26)27(37)32-19-28(29,30)31/h5-11,16-17H,3-4,12-15,18-19H2,1-2H3,(H,32,37). The molecule has 1 aliphatic heterocycles. The van der Waals surface area contributed by atoms with E-state index in [0.29, 0.717) is 12.4 Å². The van der Waals surface area contributed by atoms with Crippen LogP contribution in [0.5, 0.6) is 5.75 Å². The number of ether oxygens (including phenoxy) is 1. The van der Waals surface area contributed by atoms with Crippen LogP contribution in [0.4, 0.5) is 19.0 Å². The molecule has 1 aliphatic rings. The molecule has 3 aromatic rings. The molecule has 1 aromatic heterocycles. The maximum absolute atomic E-state index is 12.3. The molecule has 2 heterocycles. The number of nitrogens with zero attached hydrogens (tertiary/aromatic N) is 4. The maximum Gasteiger partial charge on any atom is 0.405 e. The number of rotatable bonds is 9. The van der Waals surface area contributed by atoms with Gasteiger partial charge in [0.15, 0.2) is 11.5 Å². The zero-order valence-corrected chi connectivity index (χ0v) is 21.6. The van der Waals surface area contributed by atoms with Crippen molar-refractivity contribution in [1.29, 1.82) is 0 Å². The van der Waals surface area contributed by atoms with Crippen LogP contribution in [0.1, 0.15) is 35.5 Å². The molecule has 1 fully saturated rings. The number of halogens is 3. The summed E-state index contributed by atoms with van der Waals surface area (Å²) in [6, 6.07) is 17.8. The molecule has 0 radical (unpaired) electrons. The van der Waals surface area contributed by atoms with Crippen molar-refractivity contribution < 1.29 is 22.7 Å². The summed E-state index contributed by atoms with van der Waals surface area (Å²) in [6.45, 7) is 7.36. The first-order valence-electron chi connectivity index (χ1n) is 12.8. The van der Waals surface area contributed by atoms with Gasteiger partial charge in [-0.05, 0) is 59.9 Å². The Labute approximate surface area is 220 Å². The molecule has 38 heavy (non-hydrogen) atoms. The van der Waals surface area contributed by atoms with Crippen LogP contribution >= 0.6 is 0 Å². The highest BCUT2D eigenvalue weighted by molar-refractivity contribution is 5.92. The molecule has 0 spiro atoms. The average molecular weight is 528 g/mol. The first-order valence-corrected chi connectivity index (χ1v) is 12.8. The zero-order valence-electron chi connectivity index (χ0n) is 21.6. The third kappa shape index (κ3) is 7.22. The predicted octanol–water partition coefficient (Wildman–Crippen LogP) is 4.72. The number of nitrogens with one attached hydrogen (secondary N) is 1. The quantitative estimate of drug-likeness (QED) is 0.434. The van der Waals surface area contributed by atoms with E-state index in [2.05, 4.69) is 57.3 Å². The lowest BCUT2D eigenvalue weighted by atomic mass is 9.97. The van der Waals surface area contributed by atoms with E-state index in [4.69, 9.17) is 4.74 Å². The Morgan fingerprint density at radius 1 is 0.947 bits per heavy atom. The van der Waals surface area contributed by atoms with Crippen molar-refractivity contribution in [3.05, 3.63) is 71.4 Å². The summed E-state index contributed by atoms with van der Waals surface area (Å²) in [5.41, 5.74) is 4.79. The van der Waals surface area contributed by atoms with Crippen LogP contribution < -0.4 is 15.0 Å². The van der Waals surface area contributed by atoms with Gasteiger partial charge in [-0.2, -0.15) is 13.2 Å². The Hall–Kier alpha value is -3.66. The number of alkyl halides is 3. The Balaban J connectivity index is 1.33. The molecule has 7 nitrogen and oxygen atoms in total. The topological polar surface area (TPSA) is 70.6 Å². The van der Waals surface area contributed by atoms with Gasteiger partial charge in [-0.15, -0.1) is 10.2 Å². The van der Waals surface area contributed by atoms with Crippen LogP contribution in [-0.2, 0) is 13.0 Å². The van der Waals surface area contributed by atoms with Crippen LogP contribution in [0.15, 0.2) is 54.6 Å².